The molecule has 0 aliphatic heterocycles. The largest absolute Gasteiger partial charge is 0.269 e. The summed E-state index contributed by atoms with van der Waals surface area (Å²) in [6.07, 6.45) is 18.5. The molecule has 0 unspecified atom stereocenters. The Kier molecular flexibility index (Phi) is 5.81. The number of rotatable bonds is 1. The molecule has 5 aliphatic carbocycles. The van der Waals surface area contributed by atoms with Crippen LogP contribution in [0.3, 0.4) is 0 Å². The van der Waals surface area contributed by atoms with Crippen LogP contribution >= 0.6 is 24.8 Å². The Morgan fingerprint density at radius 3 is 1.83 bits per heavy atom. The minimum Gasteiger partial charge on any atom is -0.269 e. The molecule has 3 heteroatoms. The normalized spacial score (nSPS) is 42.7. The van der Waals surface area contributed by atoms with Gasteiger partial charge >= 0.3 is 0 Å². The molecule has 5 aliphatic rings. The standard InChI is InChI=1S/C15H19.2ClH.Zr/c1-2-4-14(3-1)15-8-11-5-12(9-15)7-13(6-11)10-15;;;/h1,3,11-13H,2,5-10H2;2*1H;/q-1;;;. The maximum absolute atomic E-state index is 3.62. The van der Waals surface area contributed by atoms with E-state index in [1.165, 1.54) is 19.3 Å². The first-order chi connectivity index (χ1) is 7.34. The molecule has 5 rings (SSSR count). The van der Waals surface area contributed by atoms with E-state index < -0.39 is 0 Å². The molecule has 0 aromatic heterocycles. The first kappa shape index (κ1) is 17.0. The average Bonchev–Trinajstić information content (AvgIpc) is 2.67. The van der Waals surface area contributed by atoms with Gasteiger partial charge in [-0.05, 0) is 61.7 Å². The van der Waals surface area contributed by atoms with Gasteiger partial charge in [-0.2, -0.15) is 6.08 Å². The third-order valence-electron chi connectivity index (χ3n) is 5.30. The maximum atomic E-state index is 3.62. The van der Waals surface area contributed by atoms with E-state index in [-0.39, 0.29) is 51.0 Å². The Balaban J connectivity index is 0.000000540. The second-order valence-electron chi connectivity index (χ2n) is 6.39. The van der Waals surface area contributed by atoms with Gasteiger partial charge in [0.25, 0.3) is 0 Å². The van der Waals surface area contributed by atoms with Crippen LogP contribution in [0.1, 0.15) is 44.9 Å². The molecule has 100 valence electrons. The summed E-state index contributed by atoms with van der Waals surface area (Å²) in [5.74, 6) is 3.21. The first-order valence-electron chi connectivity index (χ1n) is 6.62. The molecule has 4 bridgehead atoms. The van der Waals surface area contributed by atoms with E-state index in [1.54, 1.807) is 24.8 Å². The zero-order valence-corrected chi connectivity index (χ0v) is 14.7. The summed E-state index contributed by atoms with van der Waals surface area (Å²) in [5.41, 5.74) is 2.20. The fourth-order valence-corrected chi connectivity index (χ4v) is 5.21. The zero-order chi connectivity index (χ0) is 9.88. The molecule has 0 atom stereocenters. The summed E-state index contributed by atoms with van der Waals surface area (Å²) < 4.78 is 0. The average molecular weight is 363 g/mol. The van der Waals surface area contributed by atoms with Crippen molar-refractivity contribution in [2.24, 2.45) is 23.2 Å². The number of hydrogen-bond donors (Lipinski definition) is 0. The Hall–Kier alpha value is 0.943. The Morgan fingerprint density at radius 2 is 1.44 bits per heavy atom. The molecule has 0 radical (unpaired) electrons. The van der Waals surface area contributed by atoms with Crippen molar-refractivity contribution in [3.05, 3.63) is 23.8 Å². The summed E-state index contributed by atoms with van der Waals surface area (Å²) >= 11 is 0. The maximum Gasteiger partial charge on any atom is 0 e. The van der Waals surface area contributed by atoms with Gasteiger partial charge in [-0.15, -0.1) is 31.2 Å². The fraction of sp³-hybridized carbons (Fsp3) is 0.733. The molecule has 0 aromatic rings. The molecule has 0 nitrogen and oxygen atoms in total. The van der Waals surface area contributed by atoms with E-state index >= 15 is 0 Å². The van der Waals surface area contributed by atoms with Crippen molar-refractivity contribution in [1.29, 1.82) is 0 Å². The summed E-state index contributed by atoms with van der Waals surface area (Å²) in [4.78, 5) is 0. The summed E-state index contributed by atoms with van der Waals surface area (Å²) in [7, 11) is 0. The van der Waals surface area contributed by atoms with Crippen molar-refractivity contribution >= 4 is 24.8 Å². The van der Waals surface area contributed by atoms with Crippen LogP contribution in [0.15, 0.2) is 17.7 Å². The second-order valence-corrected chi connectivity index (χ2v) is 6.39. The predicted octanol–water partition coefficient (Wildman–Crippen LogP) is 4.73. The van der Waals surface area contributed by atoms with Crippen molar-refractivity contribution in [1.82, 2.24) is 0 Å². The van der Waals surface area contributed by atoms with Gasteiger partial charge in [-0.1, -0.05) is 0 Å². The van der Waals surface area contributed by atoms with E-state index in [0.717, 1.165) is 24.2 Å². The van der Waals surface area contributed by atoms with Crippen molar-refractivity contribution < 1.29 is 26.2 Å². The van der Waals surface area contributed by atoms with E-state index in [0.29, 0.717) is 5.41 Å². The minimum atomic E-state index is 0. The molecule has 0 heterocycles. The number of allylic oxidation sites excluding steroid dienone is 4. The Morgan fingerprint density at radius 1 is 0.944 bits per heavy atom. The molecule has 18 heavy (non-hydrogen) atoms. The van der Waals surface area contributed by atoms with Crippen LogP contribution in [0.5, 0.6) is 0 Å². The molecule has 0 aromatic carbocycles. The van der Waals surface area contributed by atoms with Gasteiger partial charge in [0.1, 0.15) is 0 Å². The van der Waals surface area contributed by atoms with Crippen LogP contribution in [0.4, 0.5) is 0 Å². The van der Waals surface area contributed by atoms with Crippen molar-refractivity contribution in [3.8, 4) is 0 Å². The van der Waals surface area contributed by atoms with Gasteiger partial charge in [0, 0.05) is 26.2 Å². The van der Waals surface area contributed by atoms with Crippen molar-refractivity contribution in [3.63, 3.8) is 0 Å². The van der Waals surface area contributed by atoms with Crippen LogP contribution in [0.25, 0.3) is 0 Å². The van der Waals surface area contributed by atoms with Crippen LogP contribution in [-0.2, 0) is 26.2 Å². The zero-order valence-electron chi connectivity index (χ0n) is 10.7. The van der Waals surface area contributed by atoms with Gasteiger partial charge in [-0.3, -0.25) is 6.08 Å². The van der Waals surface area contributed by atoms with Crippen LogP contribution < -0.4 is 0 Å². The summed E-state index contributed by atoms with van der Waals surface area (Å²) in [6, 6.07) is 0. The third kappa shape index (κ3) is 2.57. The SMILES string of the molecule is Cl.Cl.[C-]1=C(C23CC4CC(CC(C4)C2)C3)C=CC1.[Zr]. The fourth-order valence-electron chi connectivity index (χ4n) is 5.21. The smallest absolute Gasteiger partial charge is 0 e. The topological polar surface area (TPSA) is 0 Å². The molecule has 0 saturated heterocycles. The summed E-state index contributed by atoms with van der Waals surface area (Å²) in [6.45, 7) is 0. The molecule has 0 amide bonds. The van der Waals surface area contributed by atoms with Crippen LogP contribution in [0, 0.1) is 29.2 Å². The molecule has 0 spiro atoms. The molecule has 0 N–H and O–H groups in total. The van der Waals surface area contributed by atoms with Gasteiger partial charge in [0.2, 0.25) is 0 Å². The Bertz CT molecular complexity index is 324. The monoisotopic (exact) mass is 361 g/mol. The summed E-state index contributed by atoms with van der Waals surface area (Å²) in [5, 5.41) is 0. The van der Waals surface area contributed by atoms with Gasteiger partial charge < -0.3 is 0 Å². The van der Waals surface area contributed by atoms with Gasteiger partial charge in [-0.25, -0.2) is 11.6 Å². The number of hydrogen-bond acceptors (Lipinski definition) is 0. The quantitative estimate of drug-likeness (QED) is 0.591. The van der Waals surface area contributed by atoms with Crippen molar-refractivity contribution in [2.45, 2.75) is 44.9 Å². The van der Waals surface area contributed by atoms with E-state index in [1.807, 2.05) is 0 Å². The van der Waals surface area contributed by atoms with Gasteiger partial charge in [0.05, 0.1) is 0 Å². The molecular formula is C15H21Cl2Zr-. The second kappa shape index (κ2) is 6.15. The van der Waals surface area contributed by atoms with E-state index in [2.05, 4.69) is 18.2 Å². The number of halogens is 2. The van der Waals surface area contributed by atoms with Gasteiger partial charge in [0.15, 0.2) is 0 Å². The van der Waals surface area contributed by atoms with Crippen molar-refractivity contribution in [2.75, 3.05) is 0 Å². The Labute approximate surface area is 142 Å². The van der Waals surface area contributed by atoms with Crippen LogP contribution in [-0.4, -0.2) is 0 Å². The minimum absolute atomic E-state index is 0. The van der Waals surface area contributed by atoms with Crippen LogP contribution in [0.2, 0.25) is 0 Å². The molecule has 4 fully saturated rings. The molecular weight excluding hydrogens is 342 g/mol. The molecule has 4 saturated carbocycles. The predicted molar refractivity (Wildman–Crippen MR) is 75.6 cm³/mol. The van der Waals surface area contributed by atoms with E-state index in [9.17, 15) is 0 Å². The van der Waals surface area contributed by atoms with E-state index in [4.69, 9.17) is 0 Å². The first-order valence-corrected chi connectivity index (χ1v) is 6.62. The third-order valence-corrected chi connectivity index (χ3v) is 5.30.